The fraction of sp³-hybridized carbons (Fsp3) is 0. The van der Waals surface area contributed by atoms with Gasteiger partial charge in [0.25, 0.3) is 0 Å². The van der Waals surface area contributed by atoms with Gasteiger partial charge in [0.15, 0.2) is 5.58 Å². The first-order chi connectivity index (χ1) is 26.3. The van der Waals surface area contributed by atoms with E-state index < -0.39 is 0 Å². The zero-order chi connectivity index (χ0) is 35.4. The zero-order valence-electron chi connectivity index (χ0n) is 29.0. The van der Waals surface area contributed by atoms with Gasteiger partial charge in [-0.15, -0.1) is 0 Å². The van der Waals surface area contributed by atoms with Crippen molar-refractivity contribution < 1.29 is 4.42 Å². The van der Waals surface area contributed by atoms with Crippen LogP contribution in [0.4, 0.5) is 34.1 Å². The molecule has 0 saturated carbocycles. The summed E-state index contributed by atoms with van der Waals surface area (Å²) in [7, 11) is 0. The van der Waals surface area contributed by atoms with Gasteiger partial charge in [0, 0.05) is 34.0 Å². The second-order valence-electron chi connectivity index (χ2n) is 12.9. The molecule has 252 valence electrons. The van der Waals surface area contributed by atoms with Gasteiger partial charge in [-0.3, -0.25) is 0 Å². The average Bonchev–Trinajstić information content (AvgIpc) is 3.69. The third kappa shape index (κ3) is 6.46. The van der Waals surface area contributed by atoms with Gasteiger partial charge in [-0.2, -0.15) is 0 Å². The van der Waals surface area contributed by atoms with Crippen molar-refractivity contribution in [2.45, 2.75) is 0 Å². The van der Waals surface area contributed by atoms with Crippen molar-refractivity contribution in [3.8, 4) is 33.7 Å². The molecule has 9 aromatic rings. The fourth-order valence-electron chi connectivity index (χ4n) is 6.89. The standard InChI is InChI=1S/C49H35N3O/c1-5-14-36(15-6-1)38-24-30-43(31-25-38)51(41-18-9-3-10-19-41)44-34-28-40(29-35-44)49-50-48-46(22-13-23-47(48)53-49)52(42-20-11-4-12-21-42)45-32-26-39(27-33-45)37-16-7-2-8-17-37/h1-35H. The lowest BCUT2D eigenvalue weighted by atomic mass is 10.0. The van der Waals surface area contributed by atoms with Gasteiger partial charge < -0.3 is 14.2 Å². The minimum Gasteiger partial charge on any atom is -0.436 e. The summed E-state index contributed by atoms with van der Waals surface area (Å²) >= 11 is 0. The monoisotopic (exact) mass is 681 g/mol. The summed E-state index contributed by atoms with van der Waals surface area (Å²) in [5.74, 6) is 0.574. The summed E-state index contributed by atoms with van der Waals surface area (Å²) in [4.78, 5) is 9.64. The molecule has 0 atom stereocenters. The molecule has 0 amide bonds. The van der Waals surface area contributed by atoms with Crippen molar-refractivity contribution >= 4 is 45.2 Å². The lowest BCUT2D eigenvalue weighted by molar-refractivity contribution is 0.620. The Morgan fingerprint density at radius 1 is 0.302 bits per heavy atom. The van der Waals surface area contributed by atoms with Crippen molar-refractivity contribution in [3.63, 3.8) is 0 Å². The van der Waals surface area contributed by atoms with Crippen LogP contribution in [0.1, 0.15) is 0 Å². The number of hydrogen-bond donors (Lipinski definition) is 0. The number of rotatable bonds is 9. The maximum atomic E-state index is 6.47. The molecule has 0 radical (unpaired) electrons. The van der Waals surface area contributed by atoms with Crippen molar-refractivity contribution in [1.29, 1.82) is 0 Å². The average molecular weight is 682 g/mol. The van der Waals surface area contributed by atoms with Crippen LogP contribution in [0.3, 0.4) is 0 Å². The van der Waals surface area contributed by atoms with Crippen molar-refractivity contribution in [3.05, 3.63) is 212 Å². The van der Waals surface area contributed by atoms with Crippen LogP contribution >= 0.6 is 0 Å². The van der Waals surface area contributed by atoms with E-state index in [2.05, 4.69) is 186 Å². The highest BCUT2D eigenvalue weighted by Crippen LogP contribution is 2.41. The Hall–Kier alpha value is -7.17. The molecule has 1 heterocycles. The molecule has 8 aromatic carbocycles. The molecular formula is C49H35N3O. The predicted molar refractivity (Wildman–Crippen MR) is 220 cm³/mol. The number of benzene rings is 8. The van der Waals surface area contributed by atoms with Crippen molar-refractivity contribution in [2.24, 2.45) is 0 Å². The number of fused-ring (bicyclic) bond motifs is 1. The summed E-state index contributed by atoms with van der Waals surface area (Å²) in [5, 5.41) is 0. The van der Waals surface area contributed by atoms with Crippen LogP contribution in [0.2, 0.25) is 0 Å². The number of hydrogen-bond acceptors (Lipinski definition) is 4. The van der Waals surface area contributed by atoms with Crippen molar-refractivity contribution in [1.82, 2.24) is 4.98 Å². The molecule has 1 aromatic heterocycles. The van der Waals surface area contributed by atoms with Gasteiger partial charge in [0.1, 0.15) is 5.52 Å². The molecule has 0 aliphatic carbocycles. The maximum absolute atomic E-state index is 6.47. The molecule has 0 saturated heterocycles. The minimum atomic E-state index is 0.574. The molecule has 9 rings (SSSR count). The highest BCUT2D eigenvalue weighted by Gasteiger charge is 2.20. The second kappa shape index (κ2) is 14.2. The number of para-hydroxylation sites is 3. The lowest BCUT2D eigenvalue weighted by Crippen LogP contribution is -2.10. The molecule has 0 aliphatic heterocycles. The van der Waals surface area contributed by atoms with Crippen LogP contribution in [0.25, 0.3) is 44.8 Å². The van der Waals surface area contributed by atoms with E-state index in [0.717, 1.165) is 50.8 Å². The quantitative estimate of drug-likeness (QED) is 0.152. The van der Waals surface area contributed by atoms with Gasteiger partial charge in [-0.05, 0) is 107 Å². The van der Waals surface area contributed by atoms with Gasteiger partial charge in [-0.1, -0.05) is 127 Å². The van der Waals surface area contributed by atoms with Crippen LogP contribution in [-0.4, -0.2) is 4.98 Å². The Labute approximate surface area is 309 Å². The first-order valence-corrected chi connectivity index (χ1v) is 17.8. The first kappa shape index (κ1) is 31.8. The van der Waals surface area contributed by atoms with Gasteiger partial charge in [-0.25, -0.2) is 4.98 Å². The van der Waals surface area contributed by atoms with Gasteiger partial charge in [0.2, 0.25) is 5.89 Å². The molecule has 0 fully saturated rings. The Morgan fingerprint density at radius 3 is 1.17 bits per heavy atom. The predicted octanol–water partition coefficient (Wildman–Crippen LogP) is 13.8. The molecule has 4 nitrogen and oxygen atoms in total. The van der Waals surface area contributed by atoms with E-state index in [1.807, 2.05) is 36.4 Å². The summed E-state index contributed by atoms with van der Waals surface area (Å²) in [5.41, 5.74) is 13.4. The van der Waals surface area contributed by atoms with E-state index >= 15 is 0 Å². The lowest BCUT2D eigenvalue weighted by Gasteiger charge is -2.25. The fourth-order valence-corrected chi connectivity index (χ4v) is 6.89. The Bertz CT molecular complexity index is 2570. The smallest absolute Gasteiger partial charge is 0.227 e. The van der Waals surface area contributed by atoms with E-state index in [-0.39, 0.29) is 0 Å². The van der Waals surface area contributed by atoms with E-state index in [1.165, 1.54) is 22.3 Å². The summed E-state index contributed by atoms with van der Waals surface area (Å²) in [6.07, 6.45) is 0. The normalized spacial score (nSPS) is 11.0. The van der Waals surface area contributed by atoms with Crippen LogP contribution < -0.4 is 9.80 Å². The molecule has 53 heavy (non-hydrogen) atoms. The van der Waals surface area contributed by atoms with Crippen LogP contribution in [-0.2, 0) is 0 Å². The van der Waals surface area contributed by atoms with Gasteiger partial charge >= 0.3 is 0 Å². The molecule has 0 bridgehead atoms. The maximum Gasteiger partial charge on any atom is 0.227 e. The van der Waals surface area contributed by atoms with E-state index in [9.17, 15) is 0 Å². The molecule has 0 spiro atoms. The number of oxazole rings is 1. The second-order valence-corrected chi connectivity index (χ2v) is 12.9. The third-order valence-corrected chi connectivity index (χ3v) is 9.51. The van der Waals surface area contributed by atoms with E-state index in [4.69, 9.17) is 9.40 Å². The Morgan fingerprint density at radius 2 is 0.679 bits per heavy atom. The molecule has 0 N–H and O–H groups in total. The van der Waals surface area contributed by atoms with E-state index in [1.54, 1.807) is 0 Å². The molecule has 0 unspecified atom stereocenters. The number of nitrogens with zero attached hydrogens (tertiary/aromatic N) is 3. The van der Waals surface area contributed by atoms with Crippen LogP contribution in [0.5, 0.6) is 0 Å². The molecule has 0 aliphatic rings. The topological polar surface area (TPSA) is 32.5 Å². The van der Waals surface area contributed by atoms with Crippen molar-refractivity contribution in [2.75, 3.05) is 9.80 Å². The minimum absolute atomic E-state index is 0.574. The number of anilines is 6. The SMILES string of the molecule is c1ccc(-c2ccc(N(c3ccccc3)c3ccc(-c4nc5c(N(c6ccccc6)c6ccc(-c7ccccc7)cc6)cccc5o4)cc3)cc2)cc1. The number of aromatic nitrogens is 1. The summed E-state index contributed by atoms with van der Waals surface area (Å²) in [6.45, 7) is 0. The highest BCUT2D eigenvalue weighted by molar-refractivity contribution is 5.95. The van der Waals surface area contributed by atoms with Gasteiger partial charge in [0.05, 0.1) is 5.69 Å². The molecule has 4 heteroatoms. The Balaban J connectivity index is 1.06. The van der Waals surface area contributed by atoms with E-state index in [0.29, 0.717) is 5.89 Å². The summed E-state index contributed by atoms with van der Waals surface area (Å²) < 4.78 is 6.47. The Kier molecular flexibility index (Phi) is 8.53. The zero-order valence-corrected chi connectivity index (χ0v) is 29.0. The highest BCUT2D eigenvalue weighted by atomic mass is 16.3. The summed E-state index contributed by atoms with van der Waals surface area (Å²) in [6, 6.07) is 73.8. The van der Waals surface area contributed by atoms with Crippen LogP contribution in [0, 0.1) is 0 Å². The first-order valence-electron chi connectivity index (χ1n) is 17.8. The third-order valence-electron chi connectivity index (χ3n) is 9.51. The largest absolute Gasteiger partial charge is 0.436 e. The molecular weight excluding hydrogens is 647 g/mol. The van der Waals surface area contributed by atoms with Crippen LogP contribution in [0.15, 0.2) is 217 Å².